The molecule has 6 rings (SSSR count). The van der Waals surface area contributed by atoms with Crippen molar-refractivity contribution in [1.29, 1.82) is 0 Å². The number of hydrogen-bond acceptors (Lipinski definition) is 9. The molecule has 0 bridgehead atoms. The lowest BCUT2D eigenvalue weighted by atomic mass is 10.1. The van der Waals surface area contributed by atoms with Crippen molar-refractivity contribution in [2.24, 2.45) is 5.73 Å². The highest BCUT2D eigenvalue weighted by Gasteiger charge is 2.21. The van der Waals surface area contributed by atoms with Gasteiger partial charge in [0.1, 0.15) is 36.8 Å². The standard InChI is InChI=1S/C26H25NO4.C17H16O2.C10H13NO2/c1-30-26(29)24(18-21-8-4-2-5-9-21)27-25(28)17-16-20-12-14-22(15-13-20)19-31-23-10-6-3-7-11-23;1-14(18)7-8-15-9-11-16(12-10-15)13-19-17-5-3-2-4-6-17;1-13-10(12)9(11)7-8-5-3-2-4-6-8/h2-17,24H,18-19H2,1H3,(H,27,28);2-12H,13H2,1H3;2-6,9H,7,11H2,1H3/b17-16+;8-7+;. The van der Waals surface area contributed by atoms with E-state index in [2.05, 4.69) is 10.1 Å². The zero-order valence-corrected chi connectivity index (χ0v) is 35.8. The summed E-state index contributed by atoms with van der Waals surface area (Å²) in [6, 6.07) is 52.8. The Morgan fingerprint density at radius 2 is 0.905 bits per heavy atom. The molecule has 63 heavy (non-hydrogen) atoms. The lowest BCUT2D eigenvalue weighted by Crippen LogP contribution is -2.42. The molecule has 324 valence electrons. The molecule has 0 aliphatic rings. The second kappa shape index (κ2) is 27.3. The Morgan fingerprint density at radius 1 is 0.508 bits per heavy atom. The van der Waals surface area contributed by atoms with Crippen LogP contribution in [-0.4, -0.2) is 49.9 Å². The molecule has 0 saturated carbocycles. The summed E-state index contributed by atoms with van der Waals surface area (Å²) in [7, 11) is 2.65. The zero-order chi connectivity index (χ0) is 45.1. The highest BCUT2D eigenvalue weighted by Crippen LogP contribution is 2.15. The number of benzene rings is 6. The third-order valence-electron chi connectivity index (χ3n) is 9.08. The van der Waals surface area contributed by atoms with Crippen LogP contribution in [0.5, 0.6) is 11.5 Å². The normalized spacial score (nSPS) is 11.4. The Labute approximate surface area is 370 Å². The quantitative estimate of drug-likeness (QED) is 0.0681. The van der Waals surface area contributed by atoms with Crippen LogP contribution in [0, 0.1) is 0 Å². The van der Waals surface area contributed by atoms with Gasteiger partial charge in [-0.15, -0.1) is 0 Å². The summed E-state index contributed by atoms with van der Waals surface area (Å²) < 4.78 is 20.7. The average molecular weight is 847 g/mol. The molecule has 6 aromatic carbocycles. The van der Waals surface area contributed by atoms with Crippen LogP contribution in [0.2, 0.25) is 0 Å². The molecule has 1 amide bonds. The van der Waals surface area contributed by atoms with Crippen LogP contribution >= 0.6 is 0 Å². The van der Waals surface area contributed by atoms with Crippen LogP contribution < -0.4 is 20.5 Å². The van der Waals surface area contributed by atoms with Gasteiger partial charge in [-0.2, -0.15) is 0 Å². The number of para-hydroxylation sites is 2. The van der Waals surface area contributed by atoms with Crippen LogP contribution in [0.1, 0.15) is 40.3 Å². The van der Waals surface area contributed by atoms with Crippen molar-refractivity contribution in [3.8, 4) is 11.5 Å². The number of esters is 2. The summed E-state index contributed by atoms with van der Waals surface area (Å²) in [5.74, 6) is 0.526. The van der Waals surface area contributed by atoms with E-state index >= 15 is 0 Å². The van der Waals surface area contributed by atoms with Crippen LogP contribution in [0.3, 0.4) is 0 Å². The van der Waals surface area contributed by atoms with E-state index in [0.717, 1.165) is 44.9 Å². The maximum absolute atomic E-state index is 12.3. The minimum Gasteiger partial charge on any atom is -0.489 e. The second-order valence-electron chi connectivity index (χ2n) is 14.1. The number of amides is 1. The van der Waals surface area contributed by atoms with Crippen LogP contribution in [-0.2, 0) is 54.7 Å². The van der Waals surface area contributed by atoms with Gasteiger partial charge in [0, 0.05) is 12.5 Å². The van der Waals surface area contributed by atoms with Gasteiger partial charge < -0.3 is 30.0 Å². The molecule has 3 N–H and O–H groups in total. The fourth-order valence-electron chi connectivity index (χ4n) is 5.71. The fourth-order valence-corrected chi connectivity index (χ4v) is 5.71. The first-order chi connectivity index (χ1) is 30.6. The number of carbonyl (C=O) groups excluding carboxylic acids is 4. The number of carbonyl (C=O) groups is 4. The van der Waals surface area contributed by atoms with E-state index in [0.29, 0.717) is 26.1 Å². The number of allylic oxidation sites excluding steroid dienone is 1. The first kappa shape index (κ1) is 48.1. The largest absolute Gasteiger partial charge is 0.489 e. The Bertz CT molecular complexity index is 2320. The zero-order valence-electron chi connectivity index (χ0n) is 35.8. The highest BCUT2D eigenvalue weighted by molar-refractivity contribution is 5.94. The van der Waals surface area contributed by atoms with Crippen molar-refractivity contribution in [2.45, 2.75) is 45.1 Å². The van der Waals surface area contributed by atoms with Crippen LogP contribution in [0.4, 0.5) is 0 Å². The van der Waals surface area contributed by atoms with Gasteiger partial charge in [-0.3, -0.25) is 14.4 Å². The minimum atomic E-state index is -0.748. The number of nitrogens with two attached hydrogens (primary N) is 1. The second-order valence-corrected chi connectivity index (χ2v) is 14.1. The smallest absolute Gasteiger partial charge is 0.328 e. The predicted molar refractivity (Wildman–Crippen MR) is 247 cm³/mol. The Balaban J connectivity index is 0.000000230. The van der Waals surface area contributed by atoms with E-state index in [9.17, 15) is 19.2 Å². The molecular weight excluding hydrogens is 793 g/mol. The fraction of sp³-hybridized carbons (Fsp3) is 0.170. The first-order valence-corrected chi connectivity index (χ1v) is 20.3. The van der Waals surface area contributed by atoms with Gasteiger partial charge >= 0.3 is 11.9 Å². The van der Waals surface area contributed by atoms with Gasteiger partial charge in [-0.05, 0) is 83.1 Å². The Morgan fingerprint density at radius 3 is 1.32 bits per heavy atom. The lowest BCUT2D eigenvalue weighted by Gasteiger charge is -2.15. The summed E-state index contributed by atoms with van der Waals surface area (Å²) in [6.07, 6.45) is 7.38. The SMILES string of the molecule is CC(=O)/C=C/c1ccc(COc2ccccc2)cc1.COC(=O)C(Cc1ccccc1)NC(=O)/C=C/c1ccc(COc2ccccc2)cc1.COC(=O)C(N)Cc1ccccc1. The van der Waals surface area contributed by atoms with Crippen molar-refractivity contribution in [3.05, 3.63) is 215 Å². The summed E-state index contributed by atoms with van der Waals surface area (Å²) in [5.41, 5.74) is 11.6. The molecule has 0 fully saturated rings. The monoisotopic (exact) mass is 846 g/mol. The van der Waals surface area contributed by atoms with Crippen LogP contribution in [0.15, 0.2) is 182 Å². The molecule has 2 unspecified atom stereocenters. The molecule has 0 radical (unpaired) electrons. The molecule has 0 saturated heterocycles. The summed E-state index contributed by atoms with van der Waals surface area (Å²) in [6.45, 7) is 2.55. The molecule has 0 aromatic heterocycles. The number of nitrogens with one attached hydrogen (secondary N) is 1. The van der Waals surface area contributed by atoms with Gasteiger partial charge in [0.2, 0.25) is 5.91 Å². The van der Waals surface area contributed by atoms with Crippen molar-refractivity contribution >= 4 is 35.8 Å². The lowest BCUT2D eigenvalue weighted by molar-refractivity contribution is -0.144. The summed E-state index contributed by atoms with van der Waals surface area (Å²) in [4.78, 5) is 46.2. The highest BCUT2D eigenvalue weighted by atomic mass is 16.5. The van der Waals surface area contributed by atoms with Crippen molar-refractivity contribution < 1.29 is 38.1 Å². The minimum absolute atomic E-state index is 0.0523. The van der Waals surface area contributed by atoms with Gasteiger partial charge in [-0.1, -0.05) is 152 Å². The molecule has 10 nitrogen and oxygen atoms in total. The number of methoxy groups -OCH3 is 2. The van der Waals surface area contributed by atoms with E-state index in [1.165, 1.54) is 20.3 Å². The predicted octanol–water partition coefficient (Wildman–Crippen LogP) is 8.78. The number of ketones is 1. The topological polar surface area (TPSA) is 143 Å². The van der Waals surface area contributed by atoms with E-state index in [-0.39, 0.29) is 17.7 Å². The van der Waals surface area contributed by atoms with E-state index < -0.39 is 18.1 Å². The molecule has 0 aliphatic heterocycles. The van der Waals surface area contributed by atoms with Crippen LogP contribution in [0.25, 0.3) is 12.2 Å². The molecule has 0 aliphatic carbocycles. The summed E-state index contributed by atoms with van der Waals surface area (Å²) in [5, 5.41) is 2.72. The van der Waals surface area contributed by atoms with Gasteiger partial charge in [0.05, 0.1) is 14.2 Å². The van der Waals surface area contributed by atoms with Gasteiger partial charge in [0.15, 0.2) is 5.78 Å². The summed E-state index contributed by atoms with van der Waals surface area (Å²) >= 11 is 0. The molecule has 0 heterocycles. The van der Waals surface area contributed by atoms with Gasteiger partial charge in [0.25, 0.3) is 0 Å². The third-order valence-corrected chi connectivity index (χ3v) is 9.08. The van der Waals surface area contributed by atoms with Crippen molar-refractivity contribution in [1.82, 2.24) is 5.32 Å². The van der Waals surface area contributed by atoms with E-state index in [1.54, 1.807) is 19.1 Å². The third kappa shape index (κ3) is 19.1. The molecule has 0 spiro atoms. The van der Waals surface area contributed by atoms with Gasteiger partial charge in [-0.25, -0.2) is 4.79 Å². The van der Waals surface area contributed by atoms with Crippen molar-refractivity contribution in [2.75, 3.05) is 14.2 Å². The number of hydrogen-bond donors (Lipinski definition) is 2. The van der Waals surface area contributed by atoms with E-state index in [1.807, 2.05) is 176 Å². The van der Waals surface area contributed by atoms with Crippen molar-refractivity contribution in [3.63, 3.8) is 0 Å². The average Bonchev–Trinajstić information content (AvgIpc) is 3.33. The molecule has 10 heteroatoms. The maximum Gasteiger partial charge on any atom is 0.328 e. The Kier molecular flexibility index (Phi) is 20.9. The molecule has 2 atom stereocenters. The number of ether oxygens (including phenoxy) is 4. The molecule has 6 aromatic rings. The first-order valence-electron chi connectivity index (χ1n) is 20.3. The molecular formula is C53H54N2O8. The maximum atomic E-state index is 12.3. The number of rotatable bonds is 17. The Hall–Kier alpha value is -7.56. The van der Waals surface area contributed by atoms with E-state index in [4.69, 9.17) is 19.9 Å².